The zero-order valence-corrected chi connectivity index (χ0v) is 11.9. The Morgan fingerprint density at radius 3 is 2.82 bits per heavy atom. The Bertz CT molecular complexity index is 331. The van der Waals surface area contributed by atoms with E-state index in [0.29, 0.717) is 0 Å². The zero-order valence-electron chi connectivity index (χ0n) is 10.3. The smallest absolute Gasteiger partial charge is 0.126 e. The van der Waals surface area contributed by atoms with E-state index in [9.17, 15) is 0 Å². The van der Waals surface area contributed by atoms with Gasteiger partial charge in [0.25, 0.3) is 0 Å². The minimum atomic E-state index is 0.910. The van der Waals surface area contributed by atoms with Gasteiger partial charge in [-0.15, -0.1) is 0 Å². The highest BCUT2D eigenvalue weighted by Crippen LogP contribution is 2.15. The van der Waals surface area contributed by atoms with Crippen molar-refractivity contribution < 1.29 is 0 Å². The largest absolute Gasteiger partial charge is 0.369 e. The molecule has 3 nitrogen and oxygen atoms in total. The van der Waals surface area contributed by atoms with Crippen LogP contribution in [-0.4, -0.2) is 36.1 Å². The predicted molar refractivity (Wildman–Crippen MR) is 75.3 cm³/mol. The fourth-order valence-corrected chi connectivity index (χ4v) is 2.34. The van der Waals surface area contributed by atoms with E-state index in [1.165, 1.54) is 25.9 Å². The van der Waals surface area contributed by atoms with Crippen LogP contribution in [0.3, 0.4) is 0 Å². The molecule has 0 unspecified atom stereocenters. The third-order valence-corrected chi connectivity index (χ3v) is 3.81. The highest BCUT2D eigenvalue weighted by molar-refractivity contribution is 9.10. The summed E-state index contributed by atoms with van der Waals surface area (Å²) in [5.74, 6) is 1.87. The number of anilines is 1. The number of halogens is 1. The standard InChI is InChI=1S/C13H20BrN3/c1-11-4-7-17(8-5-11)9-6-15-13-3-2-12(14)10-16-13/h2-3,10-11H,4-9H2,1H3,(H,15,16). The summed E-state index contributed by atoms with van der Waals surface area (Å²) in [6, 6.07) is 4.01. The summed E-state index contributed by atoms with van der Waals surface area (Å²) in [5.41, 5.74) is 0. The van der Waals surface area contributed by atoms with E-state index in [2.05, 4.69) is 38.1 Å². The summed E-state index contributed by atoms with van der Waals surface area (Å²) in [6.45, 7) is 6.93. The van der Waals surface area contributed by atoms with Crippen LogP contribution in [0.25, 0.3) is 0 Å². The first-order chi connectivity index (χ1) is 8.24. The average Bonchev–Trinajstić information content (AvgIpc) is 2.34. The minimum absolute atomic E-state index is 0.910. The first-order valence-corrected chi connectivity index (χ1v) is 7.11. The van der Waals surface area contributed by atoms with Gasteiger partial charge < -0.3 is 10.2 Å². The molecule has 1 aliphatic rings. The molecule has 1 saturated heterocycles. The third kappa shape index (κ3) is 4.28. The molecule has 0 aliphatic carbocycles. The van der Waals surface area contributed by atoms with Crippen LogP contribution in [0, 0.1) is 5.92 Å². The van der Waals surface area contributed by atoms with Gasteiger partial charge in [-0.1, -0.05) is 6.92 Å². The first kappa shape index (κ1) is 12.8. The van der Waals surface area contributed by atoms with Crippen LogP contribution in [0.2, 0.25) is 0 Å². The Labute approximate surface area is 112 Å². The predicted octanol–water partition coefficient (Wildman–Crippen LogP) is 2.99. The lowest BCUT2D eigenvalue weighted by molar-refractivity contribution is 0.199. The molecule has 0 saturated carbocycles. The highest BCUT2D eigenvalue weighted by Gasteiger charge is 2.14. The number of piperidine rings is 1. The van der Waals surface area contributed by atoms with Crippen LogP contribution in [0.15, 0.2) is 22.8 Å². The topological polar surface area (TPSA) is 28.2 Å². The van der Waals surface area contributed by atoms with Gasteiger partial charge in [0.15, 0.2) is 0 Å². The molecule has 4 heteroatoms. The molecule has 1 aromatic heterocycles. The van der Waals surface area contributed by atoms with Crippen LogP contribution >= 0.6 is 15.9 Å². The summed E-state index contributed by atoms with van der Waals surface area (Å²) in [5, 5.41) is 3.36. The number of aromatic nitrogens is 1. The van der Waals surface area contributed by atoms with Gasteiger partial charge in [0, 0.05) is 23.8 Å². The van der Waals surface area contributed by atoms with E-state index in [1.807, 2.05) is 18.3 Å². The Hall–Kier alpha value is -0.610. The second-order valence-electron chi connectivity index (χ2n) is 4.81. The number of likely N-dealkylation sites (tertiary alicyclic amines) is 1. The van der Waals surface area contributed by atoms with Gasteiger partial charge in [-0.05, 0) is 59.9 Å². The van der Waals surface area contributed by atoms with Gasteiger partial charge in [0.1, 0.15) is 5.82 Å². The summed E-state index contributed by atoms with van der Waals surface area (Å²) in [4.78, 5) is 6.83. The molecule has 1 aliphatic heterocycles. The molecule has 1 N–H and O–H groups in total. The van der Waals surface area contributed by atoms with Crippen molar-refractivity contribution in [2.24, 2.45) is 5.92 Å². The molecule has 94 valence electrons. The molecule has 17 heavy (non-hydrogen) atoms. The monoisotopic (exact) mass is 297 g/mol. The minimum Gasteiger partial charge on any atom is -0.369 e. The van der Waals surface area contributed by atoms with Gasteiger partial charge in [0.2, 0.25) is 0 Å². The van der Waals surface area contributed by atoms with Crippen molar-refractivity contribution in [1.82, 2.24) is 9.88 Å². The van der Waals surface area contributed by atoms with E-state index in [-0.39, 0.29) is 0 Å². The van der Waals surface area contributed by atoms with Crippen molar-refractivity contribution in [3.8, 4) is 0 Å². The van der Waals surface area contributed by atoms with E-state index in [4.69, 9.17) is 0 Å². The molecule has 0 bridgehead atoms. The van der Waals surface area contributed by atoms with Crippen molar-refractivity contribution in [2.45, 2.75) is 19.8 Å². The number of nitrogens with one attached hydrogen (secondary N) is 1. The second-order valence-corrected chi connectivity index (χ2v) is 5.73. The lowest BCUT2D eigenvalue weighted by atomic mass is 9.99. The molecular weight excluding hydrogens is 278 g/mol. The quantitative estimate of drug-likeness (QED) is 0.926. The zero-order chi connectivity index (χ0) is 12.1. The Balaban J connectivity index is 1.67. The molecule has 0 radical (unpaired) electrons. The number of nitrogens with zero attached hydrogens (tertiary/aromatic N) is 2. The molecule has 2 rings (SSSR count). The van der Waals surface area contributed by atoms with Crippen molar-refractivity contribution >= 4 is 21.7 Å². The second kappa shape index (κ2) is 6.36. The number of hydrogen-bond acceptors (Lipinski definition) is 3. The molecule has 0 aromatic carbocycles. The normalized spacial score (nSPS) is 18.2. The van der Waals surface area contributed by atoms with Crippen LogP contribution in [0.1, 0.15) is 19.8 Å². The van der Waals surface area contributed by atoms with E-state index >= 15 is 0 Å². The Morgan fingerprint density at radius 1 is 1.41 bits per heavy atom. The Kier molecular flexibility index (Phi) is 4.80. The fourth-order valence-electron chi connectivity index (χ4n) is 2.11. The number of rotatable bonds is 4. The van der Waals surface area contributed by atoms with Gasteiger partial charge in [-0.25, -0.2) is 4.98 Å². The number of pyridine rings is 1. The summed E-state index contributed by atoms with van der Waals surface area (Å²) < 4.78 is 1.02. The average molecular weight is 298 g/mol. The molecule has 0 amide bonds. The fraction of sp³-hybridized carbons (Fsp3) is 0.615. The van der Waals surface area contributed by atoms with E-state index in [1.54, 1.807) is 0 Å². The van der Waals surface area contributed by atoms with Crippen molar-refractivity contribution in [1.29, 1.82) is 0 Å². The van der Waals surface area contributed by atoms with E-state index in [0.717, 1.165) is 29.3 Å². The summed E-state index contributed by atoms with van der Waals surface area (Å²) >= 11 is 3.38. The molecule has 2 heterocycles. The third-order valence-electron chi connectivity index (χ3n) is 3.34. The molecule has 1 fully saturated rings. The molecular formula is C13H20BrN3. The van der Waals surface area contributed by atoms with Crippen molar-refractivity contribution in [2.75, 3.05) is 31.5 Å². The molecule has 1 aromatic rings. The first-order valence-electron chi connectivity index (χ1n) is 6.32. The Morgan fingerprint density at radius 2 is 2.18 bits per heavy atom. The maximum atomic E-state index is 4.30. The lowest BCUT2D eigenvalue weighted by Gasteiger charge is -2.30. The summed E-state index contributed by atoms with van der Waals surface area (Å²) in [6.07, 6.45) is 4.51. The molecule has 0 spiro atoms. The highest BCUT2D eigenvalue weighted by atomic mass is 79.9. The van der Waals surface area contributed by atoms with Crippen LogP contribution in [0.4, 0.5) is 5.82 Å². The van der Waals surface area contributed by atoms with Crippen molar-refractivity contribution in [3.63, 3.8) is 0 Å². The summed E-state index contributed by atoms with van der Waals surface area (Å²) in [7, 11) is 0. The maximum Gasteiger partial charge on any atom is 0.126 e. The SMILES string of the molecule is CC1CCN(CCNc2ccc(Br)cn2)CC1. The van der Waals surface area contributed by atoms with Crippen LogP contribution < -0.4 is 5.32 Å². The lowest BCUT2D eigenvalue weighted by Crippen LogP contribution is -2.36. The van der Waals surface area contributed by atoms with Crippen LogP contribution in [0.5, 0.6) is 0 Å². The van der Waals surface area contributed by atoms with E-state index < -0.39 is 0 Å². The van der Waals surface area contributed by atoms with Gasteiger partial charge in [-0.3, -0.25) is 0 Å². The number of hydrogen-bond donors (Lipinski definition) is 1. The van der Waals surface area contributed by atoms with Crippen molar-refractivity contribution in [3.05, 3.63) is 22.8 Å². The van der Waals surface area contributed by atoms with Gasteiger partial charge >= 0.3 is 0 Å². The van der Waals surface area contributed by atoms with Gasteiger partial charge in [0.05, 0.1) is 0 Å². The maximum absolute atomic E-state index is 4.30. The molecule has 0 atom stereocenters. The van der Waals surface area contributed by atoms with Crippen LogP contribution in [-0.2, 0) is 0 Å². The van der Waals surface area contributed by atoms with Gasteiger partial charge in [-0.2, -0.15) is 0 Å².